The molecule has 3 aliphatic heterocycles. The molecule has 0 bridgehead atoms. The highest BCUT2D eigenvalue weighted by molar-refractivity contribution is 7.15. The maximum absolute atomic E-state index is 14.2. The van der Waals surface area contributed by atoms with E-state index in [1.165, 1.54) is 9.78 Å². The van der Waals surface area contributed by atoms with Gasteiger partial charge in [0, 0.05) is 92.8 Å². The number of rotatable bonds is 15. The number of hydrogen-bond donors (Lipinski definition) is 4. The third-order valence-electron chi connectivity index (χ3n) is 13.3. The Hall–Kier alpha value is -5.37. The van der Waals surface area contributed by atoms with Gasteiger partial charge in [-0.15, -0.1) is 32.9 Å². The van der Waals surface area contributed by atoms with Gasteiger partial charge >= 0.3 is 0 Å². The number of nitrogens with zero attached hydrogens (tertiary/aromatic N) is 8. The van der Waals surface area contributed by atoms with Crippen LogP contribution in [0.3, 0.4) is 0 Å². The van der Waals surface area contributed by atoms with Crippen molar-refractivity contribution >= 4 is 63.6 Å². The van der Waals surface area contributed by atoms with E-state index in [1.807, 2.05) is 93.2 Å². The van der Waals surface area contributed by atoms with E-state index >= 15 is 0 Å². The molecule has 16 nitrogen and oxygen atoms in total. The van der Waals surface area contributed by atoms with Crippen LogP contribution in [0.4, 0.5) is 0 Å². The lowest BCUT2D eigenvalue weighted by Gasteiger charge is -2.36. The number of aryl methyl sites for hydroxylation is 3. The number of hydrogen-bond acceptors (Lipinski definition) is 13. The zero-order valence-corrected chi connectivity index (χ0v) is 42.7. The molecule has 3 aliphatic rings. The van der Waals surface area contributed by atoms with Crippen LogP contribution in [0, 0.1) is 33.1 Å². The number of β-amino-alcohol motifs (C(OH)–C–C–N with tert-alkyl or cyclic N) is 1. The Morgan fingerprint density at radius 1 is 0.884 bits per heavy atom. The molecule has 0 radical (unpaired) electrons. The summed E-state index contributed by atoms with van der Waals surface area (Å²) in [6.07, 6.45) is -0.423. The van der Waals surface area contributed by atoms with Crippen molar-refractivity contribution in [1.82, 2.24) is 50.4 Å². The molecule has 4 amide bonds. The van der Waals surface area contributed by atoms with E-state index in [1.54, 1.807) is 22.7 Å². The number of piperazine rings is 1. The number of aliphatic imine (C=N–C) groups is 1. The molecule has 366 valence electrons. The van der Waals surface area contributed by atoms with E-state index in [-0.39, 0.29) is 56.0 Å². The van der Waals surface area contributed by atoms with Gasteiger partial charge in [0.25, 0.3) is 0 Å². The molecule has 0 aliphatic carbocycles. The fourth-order valence-corrected chi connectivity index (χ4v) is 11.4. The van der Waals surface area contributed by atoms with Crippen LogP contribution in [0.15, 0.2) is 59.0 Å². The number of amides is 4. The summed E-state index contributed by atoms with van der Waals surface area (Å²) in [4.78, 5) is 72.5. The van der Waals surface area contributed by atoms with Crippen molar-refractivity contribution in [1.29, 1.82) is 0 Å². The number of thiazole rings is 1. The SMILES string of the molecule is Cc1ncsc1-c1ccc(CNC(=O)[C@@H]2C[C@@H](O)CN2C(=O)[C@@H](NC(=O)CCN2CCN(CCNC(=O)CC3N=C(c4ccc(Cl)cc4)c4c(sc(C)c4C)-n4c(C)nnc43)CC2)C(C)(C)C)cc1. The van der Waals surface area contributed by atoms with Gasteiger partial charge in [-0.1, -0.05) is 68.8 Å². The number of nitrogens with one attached hydrogen (secondary N) is 3. The van der Waals surface area contributed by atoms with Crippen molar-refractivity contribution in [3.63, 3.8) is 0 Å². The van der Waals surface area contributed by atoms with Crippen molar-refractivity contribution in [2.45, 2.75) is 98.5 Å². The van der Waals surface area contributed by atoms with Crippen molar-refractivity contribution in [2.24, 2.45) is 10.4 Å². The monoisotopic (exact) mass is 995 g/mol. The molecule has 8 rings (SSSR count). The highest BCUT2D eigenvalue weighted by Crippen LogP contribution is 2.40. The predicted octanol–water partition coefficient (Wildman–Crippen LogP) is 5.55. The van der Waals surface area contributed by atoms with Gasteiger partial charge in [-0.2, -0.15) is 0 Å². The Morgan fingerprint density at radius 3 is 2.23 bits per heavy atom. The molecule has 0 saturated carbocycles. The number of likely N-dealkylation sites (tertiary alicyclic amines) is 1. The second kappa shape index (κ2) is 21.3. The van der Waals surface area contributed by atoms with Crippen molar-refractivity contribution in [3.05, 3.63) is 104 Å². The Balaban J connectivity index is 0.793. The highest BCUT2D eigenvalue weighted by atomic mass is 35.5. The van der Waals surface area contributed by atoms with Crippen LogP contribution in [0.5, 0.6) is 0 Å². The number of aliphatic hydroxyl groups is 1. The number of carbonyl (C=O) groups is 4. The minimum Gasteiger partial charge on any atom is -0.391 e. The van der Waals surface area contributed by atoms with Crippen LogP contribution in [-0.4, -0.2) is 139 Å². The lowest BCUT2D eigenvalue weighted by atomic mass is 9.85. The predicted molar refractivity (Wildman–Crippen MR) is 270 cm³/mol. The molecule has 2 saturated heterocycles. The van der Waals surface area contributed by atoms with Gasteiger partial charge in [0.05, 0.1) is 34.3 Å². The van der Waals surface area contributed by atoms with Gasteiger partial charge in [-0.05, 0) is 61.9 Å². The largest absolute Gasteiger partial charge is 0.391 e. The van der Waals surface area contributed by atoms with Crippen LogP contribution in [0.2, 0.25) is 5.02 Å². The lowest BCUT2D eigenvalue weighted by Crippen LogP contribution is -2.58. The average Bonchev–Trinajstić information content (AvgIpc) is 4.09. The third-order valence-corrected chi connectivity index (χ3v) is 15.7. The molecule has 5 aromatic rings. The number of halogens is 1. The van der Waals surface area contributed by atoms with E-state index in [0.29, 0.717) is 30.5 Å². The van der Waals surface area contributed by atoms with Gasteiger partial charge < -0.3 is 30.9 Å². The first-order valence-electron chi connectivity index (χ1n) is 23.6. The molecular weight excluding hydrogens is 934 g/mol. The number of aliphatic hydroxyl groups excluding tert-OH is 1. The minimum atomic E-state index is -0.898. The van der Waals surface area contributed by atoms with Crippen molar-refractivity contribution in [3.8, 4) is 15.4 Å². The highest BCUT2D eigenvalue weighted by Gasteiger charge is 2.44. The Labute approximate surface area is 416 Å². The van der Waals surface area contributed by atoms with Crippen LogP contribution < -0.4 is 16.0 Å². The molecular formula is C50H62ClN11O5S2. The minimum absolute atomic E-state index is 0.0109. The van der Waals surface area contributed by atoms with Crippen LogP contribution in [0.1, 0.15) is 90.5 Å². The van der Waals surface area contributed by atoms with Crippen molar-refractivity contribution in [2.75, 3.05) is 52.4 Å². The second-order valence-corrected chi connectivity index (χ2v) is 21.8. The molecule has 4 N–H and O–H groups in total. The van der Waals surface area contributed by atoms with E-state index < -0.39 is 29.6 Å². The fourth-order valence-electron chi connectivity index (χ4n) is 9.24. The summed E-state index contributed by atoms with van der Waals surface area (Å²) in [6.45, 7) is 18.8. The van der Waals surface area contributed by atoms with Gasteiger partial charge in [0.2, 0.25) is 23.6 Å². The lowest BCUT2D eigenvalue weighted by molar-refractivity contribution is -0.144. The normalized spacial score (nSPS) is 19.1. The van der Waals surface area contributed by atoms with Crippen LogP contribution >= 0.6 is 34.3 Å². The quantitative estimate of drug-likeness (QED) is 0.103. The van der Waals surface area contributed by atoms with Gasteiger partial charge in [-0.3, -0.25) is 33.6 Å². The maximum atomic E-state index is 14.2. The van der Waals surface area contributed by atoms with Gasteiger partial charge in [-0.25, -0.2) is 4.98 Å². The number of aromatic nitrogens is 4. The first-order valence-corrected chi connectivity index (χ1v) is 25.6. The molecule has 3 aromatic heterocycles. The van der Waals surface area contributed by atoms with E-state index in [9.17, 15) is 24.3 Å². The van der Waals surface area contributed by atoms with Gasteiger partial charge in [0.15, 0.2) is 5.82 Å². The van der Waals surface area contributed by atoms with Crippen LogP contribution in [-0.2, 0) is 25.7 Å². The maximum Gasteiger partial charge on any atom is 0.246 e. The van der Waals surface area contributed by atoms with E-state index in [0.717, 1.165) is 81.1 Å². The summed E-state index contributed by atoms with van der Waals surface area (Å²) >= 11 is 9.52. The van der Waals surface area contributed by atoms with Crippen LogP contribution in [0.25, 0.3) is 15.4 Å². The fraction of sp³-hybridized carbons (Fsp3) is 0.480. The molecule has 19 heteroatoms. The third kappa shape index (κ3) is 11.5. The molecule has 2 fully saturated rings. The van der Waals surface area contributed by atoms with E-state index in [2.05, 4.69) is 54.8 Å². The molecule has 4 atom stereocenters. The number of carbonyl (C=O) groups excluding carboxylic acids is 4. The summed E-state index contributed by atoms with van der Waals surface area (Å²) in [5, 5.41) is 30.3. The Morgan fingerprint density at radius 2 is 1.57 bits per heavy atom. The molecule has 0 spiro atoms. The van der Waals surface area contributed by atoms with E-state index in [4.69, 9.17) is 16.6 Å². The number of benzene rings is 2. The Kier molecular flexibility index (Phi) is 15.5. The number of fused-ring (bicyclic) bond motifs is 3. The molecule has 6 heterocycles. The summed E-state index contributed by atoms with van der Waals surface area (Å²) in [7, 11) is 0. The van der Waals surface area contributed by atoms with Gasteiger partial charge in [0.1, 0.15) is 29.0 Å². The molecule has 69 heavy (non-hydrogen) atoms. The Bertz CT molecular complexity index is 2700. The summed E-state index contributed by atoms with van der Waals surface area (Å²) in [5.74, 6) is 0.266. The summed E-state index contributed by atoms with van der Waals surface area (Å²) in [6, 6.07) is 13.2. The second-order valence-electron chi connectivity index (χ2n) is 19.3. The first-order chi connectivity index (χ1) is 32.9. The summed E-state index contributed by atoms with van der Waals surface area (Å²) in [5.41, 5.74) is 7.97. The van der Waals surface area contributed by atoms with Crippen molar-refractivity contribution < 1.29 is 24.3 Å². The smallest absolute Gasteiger partial charge is 0.246 e. The zero-order valence-electron chi connectivity index (χ0n) is 40.3. The molecule has 2 aromatic carbocycles. The number of thiophene rings is 1. The first kappa shape index (κ1) is 50.0. The standard InChI is InChI=1S/C50H62ClN11O5S2/c1-29-31(3)69-49-42(29)43(34-12-14-36(51)15-13-34)55-38(46-58-57-32(4)62(46)49)25-41(65)52-17-19-60-22-20-59(21-23-60)18-16-40(64)56-45(50(5,6)7)48(67)61-27-37(63)24-39(61)47(66)53-26-33-8-10-35(11-9-33)44-30(2)54-28-68-44/h8-15,28,37-39,45,63H,16-27H2,1-7H3,(H,52,65)(H,53,66)(H,56,64)/t37-,38?,39+,45-/m1/s1. The average molecular weight is 997 g/mol. The molecule has 1 unspecified atom stereocenters. The topological polar surface area (TPSA) is 190 Å². The summed E-state index contributed by atoms with van der Waals surface area (Å²) < 4.78 is 2.04. The zero-order chi connectivity index (χ0) is 49.1.